The van der Waals surface area contributed by atoms with Crippen LogP contribution in [-0.4, -0.2) is 37.0 Å². The highest BCUT2D eigenvalue weighted by Crippen LogP contribution is 2.49. The van der Waals surface area contributed by atoms with Gasteiger partial charge in [0.05, 0.1) is 18.6 Å². The summed E-state index contributed by atoms with van der Waals surface area (Å²) in [5.41, 5.74) is 4.79. The van der Waals surface area contributed by atoms with Gasteiger partial charge in [-0.2, -0.15) is 0 Å². The van der Waals surface area contributed by atoms with Crippen LogP contribution in [0.5, 0.6) is 5.75 Å². The first-order valence-electron chi connectivity index (χ1n) is 13.0. The number of aryl methyl sites for hydroxylation is 1. The summed E-state index contributed by atoms with van der Waals surface area (Å²) in [5, 5.41) is 3.60. The topological polar surface area (TPSA) is 41.6 Å². The van der Waals surface area contributed by atoms with Gasteiger partial charge in [-0.15, -0.1) is 0 Å². The lowest BCUT2D eigenvalue weighted by molar-refractivity contribution is -0.141. The molecule has 3 aromatic carbocycles. The molecule has 0 unspecified atom stereocenters. The Morgan fingerprint density at radius 3 is 2.49 bits per heavy atom. The Morgan fingerprint density at radius 2 is 1.71 bits per heavy atom. The van der Waals surface area contributed by atoms with Gasteiger partial charge >= 0.3 is 0 Å². The summed E-state index contributed by atoms with van der Waals surface area (Å²) in [4.78, 5) is 16.6. The standard InChI is InChI=1S/C31H34N2O2/c1-22-9-8-14-26-29(22)35-18-16-31(26)21-32-20-27(31)30(34)33-17-15-25(23-10-4-2-5-11-23)19-28(33)24-12-6-3-7-13-24/h2-14,25,27-28,32H,15-21H2,1H3/t25-,27+,28+,31+/m1/s1. The van der Waals surface area contributed by atoms with Gasteiger partial charge in [0.1, 0.15) is 5.75 Å². The molecule has 0 aromatic heterocycles. The third kappa shape index (κ3) is 3.84. The number of rotatable bonds is 3. The number of likely N-dealkylation sites (tertiary alicyclic amines) is 1. The Bertz CT molecular complexity index is 1200. The lowest BCUT2D eigenvalue weighted by atomic mass is 9.67. The molecular formula is C31H34N2O2. The van der Waals surface area contributed by atoms with Crippen LogP contribution in [0.4, 0.5) is 0 Å². The lowest BCUT2D eigenvalue weighted by Crippen LogP contribution is -2.51. The minimum absolute atomic E-state index is 0.0774. The molecule has 3 aromatic rings. The van der Waals surface area contributed by atoms with Crippen LogP contribution in [0, 0.1) is 12.8 Å². The Kier molecular flexibility index (Phi) is 5.85. The number of nitrogens with one attached hydrogen (secondary N) is 1. The lowest BCUT2D eigenvalue weighted by Gasteiger charge is -2.45. The highest BCUT2D eigenvalue weighted by molar-refractivity contribution is 5.83. The van der Waals surface area contributed by atoms with Gasteiger partial charge in [-0.05, 0) is 48.8 Å². The molecule has 1 spiro atoms. The van der Waals surface area contributed by atoms with Gasteiger partial charge in [0.15, 0.2) is 0 Å². The predicted molar refractivity (Wildman–Crippen MR) is 139 cm³/mol. The Hall–Kier alpha value is -3.11. The molecule has 2 saturated heterocycles. The van der Waals surface area contributed by atoms with Crippen LogP contribution in [0.1, 0.15) is 53.5 Å². The van der Waals surface area contributed by atoms with Gasteiger partial charge in [-0.1, -0.05) is 78.9 Å². The fourth-order valence-corrected chi connectivity index (χ4v) is 6.78. The molecule has 1 N–H and O–H groups in total. The Labute approximate surface area is 208 Å². The van der Waals surface area contributed by atoms with Crippen LogP contribution in [0.3, 0.4) is 0 Å². The van der Waals surface area contributed by atoms with E-state index in [1.165, 1.54) is 16.7 Å². The van der Waals surface area contributed by atoms with Crippen molar-refractivity contribution >= 4 is 5.91 Å². The van der Waals surface area contributed by atoms with Crippen molar-refractivity contribution in [3.8, 4) is 5.75 Å². The van der Waals surface area contributed by atoms with E-state index >= 15 is 0 Å². The van der Waals surface area contributed by atoms with E-state index in [0.717, 1.165) is 50.2 Å². The van der Waals surface area contributed by atoms with Crippen molar-refractivity contribution in [1.82, 2.24) is 10.2 Å². The molecule has 3 aliphatic heterocycles. The SMILES string of the molecule is Cc1cccc2c1OCC[C@]21CNC[C@H]1C(=O)N1CC[C@@H](c2ccccc2)C[C@H]1c1ccccc1. The van der Waals surface area contributed by atoms with E-state index in [9.17, 15) is 4.79 Å². The second kappa shape index (κ2) is 9.16. The summed E-state index contributed by atoms with van der Waals surface area (Å²) >= 11 is 0. The molecule has 0 aliphatic carbocycles. The summed E-state index contributed by atoms with van der Waals surface area (Å²) in [6.07, 6.45) is 2.85. The van der Waals surface area contributed by atoms with Crippen molar-refractivity contribution in [2.45, 2.75) is 43.6 Å². The number of hydrogen-bond acceptors (Lipinski definition) is 3. The first-order chi connectivity index (χ1) is 17.2. The summed E-state index contributed by atoms with van der Waals surface area (Å²) < 4.78 is 6.12. The first kappa shape index (κ1) is 22.4. The van der Waals surface area contributed by atoms with E-state index in [2.05, 4.69) is 96.0 Å². The van der Waals surface area contributed by atoms with Crippen molar-refractivity contribution in [1.29, 1.82) is 0 Å². The zero-order valence-corrected chi connectivity index (χ0v) is 20.5. The third-order valence-corrected chi connectivity index (χ3v) is 8.64. The fraction of sp³-hybridized carbons (Fsp3) is 0.387. The number of piperidine rings is 1. The second-order valence-electron chi connectivity index (χ2n) is 10.5. The number of amides is 1. The minimum atomic E-state index is -0.200. The van der Waals surface area contributed by atoms with Crippen LogP contribution < -0.4 is 10.1 Å². The molecule has 0 bridgehead atoms. The maximum absolute atomic E-state index is 14.4. The largest absolute Gasteiger partial charge is 0.493 e. The molecule has 0 saturated carbocycles. The van der Waals surface area contributed by atoms with Gasteiger partial charge in [0.2, 0.25) is 5.91 Å². The van der Waals surface area contributed by atoms with E-state index < -0.39 is 0 Å². The van der Waals surface area contributed by atoms with Crippen molar-refractivity contribution in [2.24, 2.45) is 5.92 Å². The number of benzene rings is 3. The molecule has 3 aliphatic rings. The monoisotopic (exact) mass is 466 g/mol. The zero-order valence-electron chi connectivity index (χ0n) is 20.5. The van der Waals surface area contributed by atoms with Gasteiger partial charge in [0, 0.05) is 30.6 Å². The minimum Gasteiger partial charge on any atom is -0.493 e. The normalized spacial score (nSPS) is 27.9. The quantitative estimate of drug-likeness (QED) is 0.563. The number of ether oxygens (including phenoxy) is 1. The maximum Gasteiger partial charge on any atom is 0.228 e. The molecule has 180 valence electrons. The molecule has 4 heteroatoms. The summed E-state index contributed by atoms with van der Waals surface area (Å²) in [5.74, 6) is 1.67. The summed E-state index contributed by atoms with van der Waals surface area (Å²) in [6.45, 7) is 5.13. The number of fused-ring (bicyclic) bond motifs is 2. The van der Waals surface area contributed by atoms with Gasteiger partial charge in [0.25, 0.3) is 0 Å². The van der Waals surface area contributed by atoms with Gasteiger partial charge in [-0.3, -0.25) is 4.79 Å². The highest BCUT2D eigenvalue weighted by Gasteiger charge is 2.53. The van der Waals surface area contributed by atoms with E-state index in [1.54, 1.807) is 0 Å². The number of nitrogens with zero attached hydrogens (tertiary/aromatic N) is 1. The number of carbonyl (C=O) groups is 1. The molecule has 35 heavy (non-hydrogen) atoms. The van der Waals surface area contributed by atoms with E-state index in [1.807, 2.05) is 0 Å². The molecule has 6 rings (SSSR count). The van der Waals surface area contributed by atoms with Crippen LogP contribution >= 0.6 is 0 Å². The van der Waals surface area contributed by atoms with Gasteiger partial charge < -0.3 is 15.0 Å². The van der Waals surface area contributed by atoms with Crippen LogP contribution in [-0.2, 0) is 10.2 Å². The average Bonchev–Trinajstić information content (AvgIpc) is 3.33. The smallest absolute Gasteiger partial charge is 0.228 e. The molecule has 2 fully saturated rings. The Morgan fingerprint density at radius 1 is 0.971 bits per heavy atom. The Balaban J connectivity index is 1.35. The average molecular weight is 467 g/mol. The van der Waals surface area contributed by atoms with Crippen LogP contribution in [0.15, 0.2) is 78.9 Å². The third-order valence-electron chi connectivity index (χ3n) is 8.64. The summed E-state index contributed by atoms with van der Waals surface area (Å²) in [7, 11) is 0. The highest BCUT2D eigenvalue weighted by atomic mass is 16.5. The van der Waals surface area contributed by atoms with Gasteiger partial charge in [-0.25, -0.2) is 0 Å². The molecular weight excluding hydrogens is 432 g/mol. The van der Waals surface area contributed by atoms with Crippen LogP contribution in [0.2, 0.25) is 0 Å². The number of hydrogen-bond donors (Lipinski definition) is 1. The molecule has 0 radical (unpaired) electrons. The number of para-hydroxylation sites is 1. The predicted octanol–water partition coefficient (Wildman–Crippen LogP) is 5.38. The van der Waals surface area contributed by atoms with E-state index in [-0.39, 0.29) is 17.4 Å². The van der Waals surface area contributed by atoms with E-state index in [4.69, 9.17) is 4.74 Å². The van der Waals surface area contributed by atoms with Crippen molar-refractivity contribution in [3.63, 3.8) is 0 Å². The van der Waals surface area contributed by atoms with Crippen molar-refractivity contribution in [3.05, 3.63) is 101 Å². The number of carbonyl (C=O) groups excluding carboxylic acids is 1. The summed E-state index contributed by atoms with van der Waals surface area (Å²) in [6, 6.07) is 27.9. The maximum atomic E-state index is 14.4. The molecule has 4 nitrogen and oxygen atoms in total. The fourth-order valence-electron chi connectivity index (χ4n) is 6.78. The molecule has 1 amide bonds. The van der Waals surface area contributed by atoms with Crippen LogP contribution in [0.25, 0.3) is 0 Å². The molecule has 3 heterocycles. The van der Waals surface area contributed by atoms with Crippen molar-refractivity contribution < 1.29 is 9.53 Å². The van der Waals surface area contributed by atoms with Crippen molar-refractivity contribution in [2.75, 3.05) is 26.2 Å². The van der Waals surface area contributed by atoms with E-state index in [0.29, 0.717) is 18.4 Å². The zero-order chi connectivity index (χ0) is 23.8. The molecule has 4 atom stereocenters. The second-order valence-corrected chi connectivity index (χ2v) is 10.5. The first-order valence-corrected chi connectivity index (χ1v) is 13.0.